The maximum atomic E-state index is 4.25. The van der Waals surface area contributed by atoms with E-state index in [1.54, 1.807) is 44.3 Å². The van der Waals surface area contributed by atoms with Crippen molar-refractivity contribution in [3.05, 3.63) is 60.7 Å². The van der Waals surface area contributed by atoms with Crippen LogP contribution in [-0.4, -0.2) is 20.4 Å². The van der Waals surface area contributed by atoms with Crippen LogP contribution in [0.2, 0.25) is 0 Å². The molecule has 0 radical (unpaired) electrons. The van der Waals surface area contributed by atoms with Crippen LogP contribution < -0.4 is 0 Å². The Morgan fingerprint density at radius 2 is 0.958 bits per heavy atom. The fourth-order valence-electron chi connectivity index (χ4n) is 1.95. The second kappa shape index (κ2) is 7.43. The zero-order valence-corrected chi connectivity index (χ0v) is 15.5. The van der Waals surface area contributed by atoms with E-state index < -0.39 is 0 Å². The fourth-order valence-corrected chi connectivity index (χ4v) is 6.01. The first-order chi connectivity index (χ1) is 11.9. The molecule has 0 aliphatic heterocycles. The summed E-state index contributed by atoms with van der Waals surface area (Å²) in [7, 11) is 3.13. The van der Waals surface area contributed by atoms with Gasteiger partial charge in [0.2, 0.25) is 0 Å². The quantitative estimate of drug-likeness (QED) is 0.421. The molecule has 0 N–H and O–H groups in total. The van der Waals surface area contributed by atoms with Crippen LogP contribution in [0.4, 0.5) is 0 Å². The number of hydrogen-bond donors (Lipinski definition) is 0. The third-order valence-electron chi connectivity index (χ3n) is 3.04. The molecular formula is C16H10N4S4. The number of benzene rings is 2. The van der Waals surface area contributed by atoms with E-state index in [2.05, 4.69) is 20.4 Å². The second-order valence-electron chi connectivity index (χ2n) is 4.64. The van der Waals surface area contributed by atoms with Gasteiger partial charge in [0.15, 0.2) is 8.68 Å². The lowest BCUT2D eigenvalue weighted by atomic mass is 10.2. The average molecular weight is 387 g/mol. The normalized spacial score (nSPS) is 10.8. The van der Waals surface area contributed by atoms with E-state index in [9.17, 15) is 0 Å². The summed E-state index contributed by atoms with van der Waals surface area (Å²) in [5.41, 5.74) is 2.18. The molecule has 0 atom stereocenters. The van der Waals surface area contributed by atoms with Crippen molar-refractivity contribution in [2.24, 2.45) is 0 Å². The average Bonchev–Trinajstić information content (AvgIpc) is 3.31. The molecule has 118 valence electrons. The highest BCUT2D eigenvalue weighted by Crippen LogP contribution is 2.42. The predicted molar refractivity (Wildman–Crippen MR) is 102 cm³/mol. The molecular weight excluding hydrogens is 376 g/mol. The maximum absolute atomic E-state index is 4.25. The summed E-state index contributed by atoms with van der Waals surface area (Å²) in [5, 5.41) is 18.8. The molecule has 0 saturated heterocycles. The molecule has 4 aromatic rings. The number of hydrogen-bond acceptors (Lipinski definition) is 8. The minimum atomic E-state index is 0.912. The maximum Gasteiger partial charge on any atom is 0.185 e. The van der Waals surface area contributed by atoms with Gasteiger partial charge in [0.25, 0.3) is 0 Å². The van der Waals surface area contributed by atoms with Crippen LogP contribution in [0, 0.1) is 0 Å². The van der Waals surface area contributed by atoms with Crippen molar-refractivity contribution >= 4 is 44.3 Å². The molecule has 0 saturated carbocycles. The third kappa shape index (κ3) is 3.67. The van der Waals surface area contributed by atoms with Gasteiger partial charge in [0, 0.05) is 11.1 Å². The smallest absolute Gasteiger partial charge is 0.137 e. The molecule has 0 aliphatic rings. The van der Waals surface area contributed by atoms with Crippen molar-refractivity contribution in [2.75, 3.05) is 0 Å². The monoisotopic (exact) mass is 386 g/mol. The largest absolute Gasteiger partial charge is 0.185 e. The molecule has 2 aromatic heterocycles. The lowest BCUT2D eigenvalue weighted by molar-refractivity contribution is 1.01. The van der Waals surface area contributed by atoms with Crippen LogP contribution in [0.5, 0.6) is 0 Å². The summed E-state index contributed by atoms with van der Waals surface area (Å²) in [5.74, 6) is 0. The summed E-state index contributed by atoms with van der Waals surface area (Å²) in [6.45, 7) is 0. The Morgan fingerprint density at radius 1 is 0.542 bits per heavy atom. The van der Waals surface area contributed by atoms with Crippen molar-refractivity contribution in [3.8, 4) is 21.1 Å². The summed E-state index contributed by atoms with van der Waals surface area (Å²) in [6.07, 6.45) is 0. The van der Waals surface area contributed by atoms with E-state index in [4.69, 9.17) is 0 Å². The fraction of sp³-hybridized carbons (Fsp3) is 0. The Labute approximate surface area is 154 Å². The highest BCUT2D eigenvalue weighted by Gasteiger charge is 2.11. The van der Waals surface area contributed by atoms with E-state index >= 15 is 0 Å². The molecule has 4 rings (SSSR count). The predicted octanol–water partition coefficient (Wildman–Crippen LogP) is 5.52. The lowest BCUT2D eigenvalue weighted by Crippen LogP contribution is -1.74. The lowest BCUT2D eigenvalue weighted by Gasteiger charge is -1.92. The molecule has 0 spiro atoms. The molecule has 0 bridgehead atoms. The van der Waals surface area contributed by atoms with Crippen molar-refractivity contribution < 1.29 is 0 Å². The highest BCUT2D eigenvalue weighted by molar-refractivity contribution is 8.77. The van der Waals surface area contributed by atoms with E-state index in [0.29, 0.717) is 0 Å². The minimum Gasteiger partial charge on any atom is -0.137 e. The Kier molecular flexibility index (Phi) is 4.88. The van der Waals surface area contributed by atoms with Gasteiger partial charge < -0.3 is 0 Å². The van der Waals surface area contributed by atoms with Crippen LogP contribution in [0.25, 0.3) is 21.1 Å². The van der Waals surface area contributed by atoms with Gasteiger partial charge in [-0.05, 0) is 21.6 Å². The SMILES string of the molecule is c1ccc(-c2nnc(SSc3nnc(-c4ccccc4)s3)s2)cc1. The van der Waals surface area contributed by atoms with E-state index in [0.717, 1.165) is 29.8 Å². The van der Waals surface area contributed by atoms with Gasteiger partial charge in [-0.1, -0.05) is 83.3 Å². The molecule has 2 heterocycles. The molecule has 0 aliphatic carbocycles. The molecule has 0 fully saturated rings. The van der Waals surface area contributed by atoms with Gasteiger partial charge >= 0.3 is 0 Å². The Bertz CT molecular complexity index is 844. The summed E-state index contributed by atoms with van der Waals surface area (Å²) < 4.78 is 1.82. The standard InChI is InChI=1S/C16H10N4S4/c1-3-7-11(8-4-1)13-17-19-15(21-13)23-24-16-20-18-14(22-16)12-9-5-2-6-10-12/h1-10H. The van der Waals surface area contributed by atoms with Gasteiger partial charge in [-0.2, -0.15) is 0 Å². The van der Waals surface area contributed by atoms with E-state index in [1.807, 2.05) is 60.7 Å². The van der Waals surface area contributed by atoms with Crippen molar-refractivity contribution in [3.63, 3.8) is 0 Å². The zero-order chi connectivity index (χ0) is 16.2. The Morgan fingerprint density at radius 3 is 1.38 bits per heavy atom. The first-order valence-electron chi connectivity index (χ1n) is 7.01. The molecule has 0 amide bonds. The van der Waals surface area contributed by atoms with Crippen LogP contribution in [0.3, 0.4) is 0 Å². The van der Waals surface area contributed by atoms with Crippen LogP contribution in [0.15, 0.2) is 69.3 Å². The topological polar surface area (TPSA) is 51.6 Å². The molecule has 4 nitrogen and oxygen atoms in total. The molecule has 24 heavy (non-hydrogen) atoms. The zero-order valence-electron chi connectivity index (χ0n) is 12.2. The summed E-state index contributed by atoms with van der Waals surface area (Å²) in [6, 6.07) is 20.2. The second-order valence-corrected chi connectivity index (χ2v) is 9.22. The van der Waals surface area contributed by atoms with Gasteiger partial charge in [0.1, 0.15) is 10.0 Å². The highest BCUT2D eigenvalue weighted by atomic mass is 33.1. The first kappa shape index (κ1) is 15.8. The van der Waals surface area contributed by atoms with Crippen LogP contribution in [0.1, 0.15) is 0 Å². The summed E-state index contributed by atoms with van der Waals surface area (Å²) >= 11 is 3.17. The number of aromatic nitrogens is 4. The van der Waals surface area contributed by atoms with Gasteiger partial charge in [-0.3, -0.25) is 0 Å². The van der Waals surface area contributed by atoms with E-state index in [-0.39, 0.29) is 0 Å². The van der Waals surface area contributed by atoms with Gasteiger partial charge in [-0.15, -0.1) is 20.4 Å². The van der Waals surface area contributed by atoms with Crippen molar-refractivity contribution in [2.45, 2.75) is 8.68 Å². The van der Waals surface area contributed by atoms with Gasteiger partial charge in [0.05, 0.1) is 0 Å². The van der Waals surface area contributed by atoms with Gasteiger partial charge in [-0.25, -0.2) is 0 Å². The number of nitrogens with zero attached hydrogens (tertiary/aromatic N) is 4. The van der Waals surface area contributed by atoms with E-state index in [1.165, 1.54) is 0 Å². The van der Waals surface area contributed by atoms with Crippen LogP contribution in [-0.2, 0) is 0 Å². The first-order valence-corrected chi connectivity index (χ1v) is 10.8. The Balaban J connectivity index is 1.43. The molecule has 0 unspecified atom stereocenters. The minimum absolute atomic E-state index is 0.912. The summed E-state index contributed by atoms with van der Waals surface area (Å²) in [4.78, 5) is 0. The van der Waals surface area contributed by atoms with Crippen molar-refractivity contribution in [1.82, 2.24) is 20.4 Å². The number of rotatable bonds is 5. The third-order valence-corrected chi connectivity index (χ3v) is 7.93. The molecule has 2 aromatic carbocycles. The van der Waals surface area contributed by atoms with Crippen LogP contribution >= 0.6 is 44.3 Å². The van der Waals surface area contributed by atoms with Crippen molar-refractivity contribution in [1.29, 1.82) is 0 Å². The molecule has 8 heteroatoms. The Hall–Kier alpha value is -1.74.